The van der Waals surface area contributed by atoms with Gasteiger partial charge in [0, 0.05) is 19.6 Å². The van der Waals surface area contributed by atoms with Crippen molar-refractivity contribution < 1.29 is 19.0 Å². The van der Waals surface area contributed by atoms with Gasteiger partial charge in [-0.2, -0.15) is 0 Å². The van der Waals surface area contributed by atoms with Crippen molar-refractivity contribution in [1.29, 1.82) is 0 Å². The molecule has 186 valence electrons. The molecule has 0 amide bonds. The van der Waals surface area contributed by atoms with Crippen LogP contribution in [-0.4, -0.2) is 39.0 Å². The molecule has 4 nitrogen and oxygen atoms in total. The van der Waals surface area contributed by atoms with Crippen LogP contribution in [0.15, 0.2) is 0 Å². The van der Waals surface area contributed by atoms with Gasteiger partial charge in [-0.15, -0.1) is 0 Å². The molecular formula is C27H54O4. The largest absolute Gasteiger partial charge is 0.466 e. The lowest BCUT2D eigenvalue weighted by atomic mass is 10.0. The van der Waals surface area contributed by atoms with Crippen molar-refractivity contribution in [2.75, 3.05) is 33.0 Å². The van der Waals surface area contributed by atoms with Gasteiger partial charge in [0.25, 0.3) is 0 Å². The van der Waals surface area contributed by atoms with Crippen LogP contribution in [0.4, 0.5) is 0 Å². The highest BCUT2D eigenvalue weighted by Gasteiger charge is 2.03. The second-order valence-corrected chi connectivity index (χ2v) is 9.33. The Labute approximate surface area is 194 Å². The fourth-order valence-electron chi connectivity index (χ4n) is 3.51. The molecule has 0 aliphatic heterocycles. The first-order chi connectivity index (χ1) is 15.2. The second-order valence-electron chi connectivity index (χ2n) is 9.33. The van der Waals surface area contributed by atoms with Crippen molar-refractivity contribution >= 4 is 5.97 Å². The van der Waals surface area contributed by atoms with Crippen molar-refractivity contribution in [3.8, 4) is 0 Å². The first-order valence-electron chi connectivity index (χ1n) is 13.5. The maximum atomic E-state index is 11.7. The van der Waals surface area contributed by atoms with E-state index in [0.29, 0.717) is 38.8 Å². The SMILES string of the molecule is CCCCCCCCCCCCCCCCOC(=O)CCCOCCOCCC(C)C. The average molecular weight is 443 g/mol. The Balaban J connectivity index is 3.14. The summed E-state index contributed by atoms with van der Waals surface area (Å²) in [7, 11) is 0. The normalized spacial score (nSPS) is 11.4. The first kappa shape index (κ1) is 30.4. The van der Waals surface area contributed by atoms with Gasteiger partial charge in [0.05, 0.1) is 19.8 Å². The van der Waals surface area contributed by atoms with Crippen molar-refractivity contribution in [3.63, 3.8) is 0 Å². The molecule has 0 aromatic rings. The van der Waals surface area contributed by atoms with Crippen molar-refractivity contribution in [3.05, 3.63) is 0 Å². The van der Waals surface area contributed by atoms with E-state index in [9.17, 15) is 4.79 Å². The molecular weight excluding hydrogens is 388 g/mol. The van der Waals surface area contributed by atoms with Crippen LogP contribution in [-0.2, 0) is 19.0 Å². The molecule has 4 heteroatoms. The number of hydrogen-bond donors (Lipinski definition) is 0. The fourth-order valence-corrected chi connectivity index (χ4v) is 3.51. The minimum atomic E-state index is -0.0912. The summed E-state index contributed by atoms with van der Waals surface area (Å²) in [6.07, 6.45) is 21.0. The fraction of sp³-hybridized carbons (Fsp3) is 0.963. The zero-order valence-electron chi connectivity index (χ0n) is 21.3. The average Bonchev–Trinajstić information content (AvgIpc) is 2.75. The third-order valence-electron chi connectivity index (χ3n) is 5.64. The van der Waals surface area contributed by atoms with Crippen molar-refractivity contribution in [2.45, 2.75) is 130 Å². The van der Waals surface area contributed by atoms with Crippen LogP contribution in [0.25, 0.3) is 0 Å². The summed E-state index contributed by atoms with van der Waals surface area (Å²) >= 11 is 0. The summed E-state index contributed by atoms with van der Waals surface area (Å²) in [4.78, 5) is 11.7. The van der Waals surface area contributed by atoms with E-state index in [1.807, 2.05) is 0 Å². The van der Waals surface area contributed by atoms with Crippen molar-refractivity contribution in [1.82, 2.24) is 0 Å². The molecule has 0 saturated carbocycles. The van der Waals surface area contributed by atoms with E-state index in [4.69, 9.17) is 14.2 Å². The molecule has 0 aromatic heterocycles. The summed E-state index contributed by atoms with van der Waals surface area (Å²) in [5.74, 6) is 0.586. The number of unbranched alkanes of at least 4 members (excludes halogenated alkanes) is 13. The summed E-state index contributed by atoms with van der Waals surface area (Å²) in [6.45, 7) is 9.87. The van der Waals surface area contributed by atoms with E-state index in [2.05, 4.69) is 20.8 Å². The van der Waals surface area contributed by atoms with Gasteiger partial charge in [0.15, 0.2) is 0 Å². The van der Waals surface area contributed by atoms with Crippen LogP contribution in [0, 0.1) is 5.92 Å². The summed E-state index contributed by atoms with van der Waals surface area (Å²) in [5, 5.41) is 0. The second kappa shape index (κ2) is 25.6. The van der Waals surface area contributed by atoms with Gasteiger partial charge in [0.1, 0.15) is 0 Å². The number of carbonyl (C=O) groups is 1. The third kappa shape index (κ3) is 27.4. The Morgan fingerprint density at radius 2 is 1.06 bits per heavy atom. The molecule has 0 unspecified atom stereocenters. The van der Waals surface area contributed by atoms with E-state index >= 15 is 0 Å². The number of rotatable bonds is 25. The van der Waals surface area contributed by atoms with Gasteiger partial charge in [-0.25, -0.2) is 0 Å². The van der Waals surface area contributed by atoms with Crippen LogP contribution in [0.3, 0.4) is 0 Å². The molecule has 0 saturated heterocycles. The maximum absolute atomic E-state index is 11.7. The lowest BCUT2D eigenvalue weighted by molar-refractivity contribution is -0.144. The number of ether oxygens (including phenoxy) is 3. The first-order valence-corrected chi connectivity index (χ1v) is 13.5. The van der Waals surface area contributed by atoms with E-state index in [-0.39, 0.29) is 5.97 Å². The van der Waals surface area contributed by atoms with Gasteiger partial charge in [0.2, 0.25) is 0 Å². The molecule has 0 atom stereocenters. The quantitative estimate of drug-likeness (QED) is 0.107. The molecule has 0 aromatic carbocycles. The topological polar surface area (TPSA) is 44.8 Å². The van der Waals surface area contributed by atoms with Crippen LogP contribution in [0.1, 0.15) is 130 Å². The molecule has 0 aliphatic carbocycles. The number of esters is 1. The van der Waals surface area contributed by atoms with Crippen LogP contribution >= 0.6 is 0 Å². The highest BCUT2D eigenvalue weighted by Crippen LogP contribution is 2.13. The Morgan fingerprint density at radius 1 is 0.581 bits per heavy atom. The van der Waals surface area contributed by atoms with Gasteiger partial charge < -0.3 is 14.2 Å². The van der Waals surface area contributed by atoms with E-state index in [1.165, 1.54) is 83.5 Å². The molecule has 0 bridgehead atoms. The Morgan fingerprint density at radius 3 is 1.58 bits per heavy atom. The summed E-state index contributed by atoms with van der Waals surface area (Å²) in [6, 6.07) is 0. The predicted molar refractivity (Wildman–Crippen MR) is 132 cm³/mol. The summed E-state index contributed by atoms with van der Waals surface area (Å²) < 4.78 is 16.3. The van der Waals surface area contributed by atoms with Crippen LogP contribution < -0.4 is 0 Å². The molecule has 0 heterocycles. The molecule has 0 N–H and O–H groups in total. The summed E-state index contributed by atoms with van der Waals surface area (Å²) in [5.41, 5.74) is 0. The number of hydrogen-bond acceptors (Lipinski definition) is 4. The molecule has 0 radical (unpaired) electrons. The van der Waals surface area contributed by atoms with Gasteiger partial charge in [-0.1, -0.05) is 104 Å². The van der Waals surface area contributed by atoms with E-state index in [1.54, 1.807) is 0 Å². The predicted octanol–water partition coefficient (Wildman–Crippen LogP) is 7.87. The highest BCUT2D eigenvalue weighted by molar-refractivity contribution is 5.69. The molecule has 0 rings (SSSR count). The lowest BCUT2D eigenvalue weighted by Gasteiger charge is -2.07. The number of carbonyl (C=O) groups excluding carboxylic acids is 1. The maximum Gasteiger partial charge on any atom is 0.305 e. The van der Waals surface area contributed by atoms with Gasteiger partial charge in [-0.3, -0.25) is 4.79 Å². The van der Waals surface area contributed by atoms with E-state index < -0.39 is 0 Å². The van der Waals surface area contributed by atoms with Gasteiger partial charge >= 0.3 is 5.97 Å². The highest BCUT2D eigenvalue weighted by atomic mass is 16.5. The minimum Gasteiger partial charge on any atom is -0.466 e. The zero-order chi connectivity index (χ0) is 22.8. The third-order valence-corrected chi connectivity index (χ3v) is 5.64. The standard InChI is InChI=1S/C27H54O4/c1-4-5-6-7-8-9-10-11-12-13-14-15-16-17-22-31-27(28)19-18-21-29-24-25-30-23-20-26(2)3/h26H,4-25H2,1-3H3. The van der Waals surface area contributed by atoms with Crippen LogP contribution in [0.2, 0.25) is 0 Å². The minimum absolute atomic E-state index is 0.0912. The Kier molecular flexibility index (Phi) is 25.1. The van der Waals surface area contributed by atoms with E-state index in [0.717, 1.165) is 25.9 Å². The van der Waals surface area contributed by atoms with Gasteiger partial charge in [-0.05, 0) is 25.2 Å². The molecule has 0 spiro atoms. The monoisotopic (exact) mass is 442 g/mol. The zero-order valence-corrected chi connectivity index (χ0v) is 21.3. The Hall–Kier alpha value is -0.610. The van der Waals surface area contributed by atoms with Crippen molar-refractivity contribution in [2.24, 2.45) is 5.92 Å². The molecule has 0 fully saturated rings. The van der Waals surface area contributed by atoms with Crippen LogP contribution in [0.5, 0.6) is 0 Å². The molecule has 0 aliphatic rings. The Bertz CT molecular complexity index is 357. The molecule has 31 heavy (non-hydrogen) atoms. The smallest absolute Gasteiger partial charge is 0.305 e. The lowest BCUT2D eigenvalue weighted by Crippen LogP contribution is -2.10.